The van der Waals surface area contributed by atoms with Crippen LogP contribution in [0.5, 0.6) is 0 Å². The average Bonchev–Trinajstić information content (AvgIpc) is 3.58. The van der Waals surface area contributed by atoms with Crippen LogP contribution < -0.4 is 11.1 Å². The van der Waals surface area contributed by atoms with E-state index < -0.39 is 35.3 Å². The van der Waals surface area contributed by atoms with Crippen molar-refractivity contribution in [3.63, 3.8) is 0 Å². The van der Waals surface area contributed by atoms with Crippen LogP contribution in [0.15, 0.2) is 18.2 Å². The Hall–Kier alpha value is -3.58. The van der Waals surface area contributed by atoms with E-state index in [2.05, 4.69) is 20.5 Å². The van der Waals surface area contributed by atoms with Crippen LogP contribution in [0.2, 0.25) is 0 Å². The van der Waals surface area contributed by atoms with Gasteiger partial charge in [-0.3, -0.25) is 9.20 Å². The zero-order chi connectivity index (χ0) is 28.1. The highest BCUT2D eigenvalue weighted by Crippen LogP contribution is 2.68. The van der Waals surface area contributed by atoms with Crippen molar-refractivity contribution in [1.82, 2.24) is 24.5 Å². The number of carbonyl (C=O) groups is 1. The van der Waals surface area contributed by atoms with Gasteiger partial charge in [-0.2, -0.15) is 31.3 Å². The predicted octanol–water partition coefficient (Wildman–Crippen LogP) is 5.03. The Bertz CT molecular complexity index is 1490. The number of amides is 1. The Morgan fingerprint density at radius 2 is 1.82 bits per heavy atom. The zero-order valence-corrected chi connectivity index (χ0v) is 21.0. The van der Waals surface area contributed by atoms with Gasteiger partial charge in [0, 0.05) is 17.2 Å². The number of fused-ring (bicyclic) bond motifs is 4. The summed E-state index contributed by atoms with van der Waals surface area (Å²) in [6.45, 7) is 3.60. The highest BCUT2D eigenvalue weighted by atomic mass is 19.4. The van der Waals surface area contributed by atoms with E-state index in [9.17, 15) is 31.1 Å². The number of halogens is 6. The molecule has 1 unspecified atom stereocenters. The lowest BCUT2D eigenvalue weighted by molar-refractivity contribution is -0.244. The number of hydrogen-bond acceptors (Lipinski definition) is 6. The Balaban J connectivity index is 1.30. The number of rotatable bonds is 4. The van der Waals surface area contributed by atoms with E-state index in [1.807, 2.05) is 0 Å². The number of benzene rings is 1. The summed E-state index contributed by atoms with van der Waals surface area (Å²) >= 11 is 0. The summed E-state index contributed by atoms with van der Waals surface area (Å²) < 4.78 is 82.5. The molecule has 8 nitrogen and oxygen atoms in total. The van der Waals surface area contributed by atoms with Crippen molar-refractivity contribution in [3.8, 4) is 0 Å². The molecule has 3 aromatic rings. The van der Waals surface area contributed by atoms with Gasteiger partial charge in [0.1, 0.15) is 11.6 Å². The minimum atomic E-state index is -4.58. The van der Waals surface area contributed by atoms with E-state index in [1.54, 1.807) is 18.2 Å². The summed E-state index contributed by atoms with van der Waals surface area (Å²) in [7, 11) is 0. The minimum Gasteiger partial charge on any atom is -0.399 e. The molecule has 3 heterocycles. The summed E-state index contributed by atoms with van der Waals surface area (Å²) in [5.41, 5.74) is 4.60. The second-order valence-electron chi connectivity index (χ2n) is 11.0. The summed E-state index contributed by atoms with van der Waals surface area (Å²) in [5, 5.41) is 11.3. The summed E-state index contributed by atoms with van der Waals surface area (Å²) in [5.74, 6) is -0.253. The van der Waals surface area contributed by atoms with E-state index in [-0.39, 0.29) is 61.2 Å². The van der Waals surface area contributed by atoms with Crippen LogP contribution in [0, 0.1) is 24.2 Å². The molecule has 4 aliphatic rings. The van der Waals surface area contributed by atoms with Gasteiger partial charge in [-0.15, -0.1) is 10.2 Å². The van der Waals surface area contributed by atoms with Crippen molar-refractivity contribution in [3.05, 3.63) is 46.4 Å². The van der Waals surface area contributed by atoms with Gasteiger partial charge in [0.25, 0.3) is 5.78 Å². The van der Waals surface area contributed by atoms with Crippen molar-refractivity contribution < 1.29 is 31.1 Å². The molecule has 2 bridgehead atoms. The average molecular weight is 554 g/mol. The van der Waals surface area contributed by atoms with Crippen LogP contribution in [-0.4, -0.2) is 36.6 Å². The van der Waals surface area contributed by atoms with Gasteiger partial charge in [-0.25, -0.2) is 0 Å². The molecule has 3 fully saturated rings. The van der Waals surface area contributed by atoms with Crippen LogP contribution in [-0.2, 0) is 24.1 Å². The molecule has 0 spiro atoms. The number of nitrogens with zero attached hydrogens (tertiary/aromatic N) is 5. The third kappa shape index (κ3) is 3.97. The molecule has 1 amide bonds. The highest BCUT2D eigenvalue weighted by Gasteiger charge is 2.70. The molecule has 1 aromatic carbocycles. The lowest BCUT2D eigenvalue weighted by Gasteiger charge is -2.39. The minimum absolute atomic E-state index is 0.0194. The second kappa shape index (κ2) is 8.21. The molecule has 39 heavy (non-hydrogen) atoms. The fraction of sp³-hybridized carbons (Fsp3) is 0.520. The van der Waals surface area contributed by atoms with E-state index in [0.717, 1.165) is 12.1 Å². The first-order valence-corrected chi connectivity index (χ1v) is 12.5. The van der Waals surface area contributed by atoms with Crippen LogP contribution in [0.3, 0.4) is 0 Å². The number of aromatic nitrogens is 4. The zero-order valence-electron chi connectivity index (χ0n) is 21.0. The quantitative estimate of drug-likeness (QED) is 0.347. The van der Waals surface area contributed by atoms with Gasteiger partial charge >= 0.3 is 12.4 Å². The first-order valence-electron chi connectivity index (χ1n) is 12.5. The summed E-state index contributed by atoms with van der Waals surface area (Å²) in [6.07, 6.45) is -9.15. The molecule has 3 aliphatic carbocycles. The molecule has 14 heteroatoms. The van der Waals surface area contributed by atoms with Gasteiger partial charge < -0.3 is 16.0 Å². The van der Waals surface area contributed by atoms with Crippen molar-refractivity contribution >= 4 is 23.2 Å². The Morgan fingerprint density at radius 1 is 1.10 bits per heavy atom. The number of nitrogens with two attached hydrogens (primary N) is 1. The van der Waals surface area contributed by atoms with E-state index in [4.69, 9.17) is 5.73 Å². The number of anilines is 2. The van der Waals surface area contributed by atoms with Gasteiger partial charge in [0.15, 0.2) is 0 Å². The molecule has 2 atom stereocenters. The molecule has 0 saturated heterocycles. The molecule has 3 saturated carbocycles. The largest absolute Gasteiger partial charge is 0.416 e. The van der Waals surface area contributed by atoms with Crippen LogP contribution in [0.1, 0.15) is 60.4 Å². The fourth-order valence-electron chi connectivity index (χ4n) is 6.45. The summed E-state index contributed by atoms with van der Waals surface area (Å²) in [6, 6.07) is 2.64. The van der Waals surface area contributed by atoms with Gasteiger partial charge in [-0.05, 0) is 62.8 Å². The molecule has 1 aliphatic heterocycles. The Morgan fingerprint density at radius 3 is 2.46 bits per heavy atom. The van der Waals surface area contributed by atoms with Gasteiger partial charge in [-0.1, -0.05) is 0 Å². The first kappa shape index (κ1) is 25.7. The standard InChI is InChI=1S/C25H25F6N7O/c1-11(13-3-15(24(26,27)28)5-16(32)4-13)33-20-18-9-37(10-19(18)38-12(2)35-36-22(38)34-20)21(39)17-8-23(25(29,30)31)6-14(17)7-23/h3-5,11,14,17H,6-10,32H2,1-2H3,(H,33,34,36)/t11-,14?,17?,23?/m1/s1. The molecular weight excluding hydrogens is 528 g/mol. The predicted molar refractivity (Wildman–Crippen MR) is 127 cm³/mol. The maximum atomic E-state index is 13.6. The van der Waals surface area contributed by atoms with Crippen LogP contribution in [0.25, 0.3) is 5.78 Å². The van der Waals surface area contributed by atoms with Crippen molar-refractivity contribution in [2.24, 2.45) is 17.3 Å². The van der Waals surface area contributed by atoms with Crippen LogP contribution >= 0.6 is 0 Å². The molecule has 0 radical (unpaired) electrons. The maximum absolute atomic E-state index is 13.6. The monoisotopic (exact) mass is 553 g/mol. The SMILES string of the molecule is Cc1nnc2nc(N[C@H](C)c3cc(N)cc(C(F)(F)F)c3)c3c(n12)CN(C(=O)C1CC2(C(F)(F)F)CC1C2)C3. The van der Waals surface area contributed by atoms with Crippen molar-refractivity contribution in [2.75, 3.05) is 11.1 Å². The fourth-order valence-corrected chi connectivity index (χ4v) is 6.45. The summed E-state index contributed by atoms with van der Waals surface area (Å²) in [4.78, 5) is 19.5. The Kier molecular flexibility index (Phi) is 5.41. The van der Waals surface area contributed by atoms with Crippen LogP contribution in [0.4, 0.5) is 37.8 Å². The van der Waals surface area contributed by atoms with E-state index in [1.165, 1.54) is 11.0 Å². The van der Waals surface area contributed by atoms with Gasteiger partial charge in [0.2, 0.25) is 5.91 Å². The highest BCUT2D eigenvalue weighted by molar-refractivity contribution is 5.81. The first-order chi connectivity index (χ1) is 18.2. The van der Waals surface area contributed by atoms with Crippen molar-refractivity contribution in [1.29, 1.82) is 0 Å². The third-order valence-corrected chi connectivity index (χ3v) is 8.49. The number of alkyl halides is 6. The molecule has 208 valence electrons. The normalized spacial score (nSPS) is 25.1. The number of aryl methyl sites for hydroxylation is 1. The molecule has 2 aromatic heterocycles. The maximum Gasteiger partial charge on any atom is 0.416 e. The number of carbonyl (C=O) groups excluding carboxylic acids is 1. The topological polar surface area (TPSA) is 101 Å². The molecular formula is C25H25F6N7O. The number of nitrogens with one attached hydrogen (secondary N) is 1. The molecule has 3 N–H and O–H groups in total. The van der Waals surface area contributed by atoms with Gasteiger partial charge in [0.05, 0.1) is 35.8 Å². The van der Waals surface area contributed by atoms with E-state index >= 15 is 0 Å². The van der Waals surface area contributed by atoms with E-state index in [0.29, 0.717) is 22.9 Å². The number of hydrogen-bond donors (Lipinski definition) is 2. The third-order valence-electron chi connectivity index (χ3n) is 8.49. The molecule has 7 rings (SSSR count). The smallest absolute Gasteiger partial charge is 0.399 e. The van der Waals surface area contributed by atoms with Crippen molar-refractivity contribution in [2.45, 2.75) is 64.6 Å². The second-order valence-corrected chi connectivity index (χ2v) is 11.0. The Labute approximate surface area is 218 Å². The lowest BCUT2D eigenvalue weighted by Crippen LogP contribution is -2.42. The number of nitrogen functional groups attached to an aromatic ring is 1. The lowest BCUT2D eigenvalue weighted by atomic mass is 9.69.